The van der Waals surface area contributed by atoms with E-state index in [1.807, 2.05) is 6.07 Å². The van der Waals surface area contributed by atoms with Crippen molar-refractivity contribution in [2.75, 3.05) is 0 Å². The van der Waals surface area contributed by atoms with Crippen LogP contribution in [-0.4, -0.2) is 5.11 Å². The molecule has 0 aromatic heterocycles. The van der Waals surface area contributed by atoms with Crippen LogP contribution in [0.3, 0.4) is 0 Å². The summed E-state index contributed by atoms with van der Waals surface area (Å²) >= 11 is 2.32. The highest BCUT2D eigenvalue weighted by Gasteiger charge is 2.12. The van der Waals surface area contributed by atoms with Gasteiger partial charge in [-0.3, -0.25) is 0 Å². The highest BCUT2D eigenvalue weighted by Crippen LogP contribution is 2.22. The van der Waals surface area contributed by atoms with Gasteiger partial charge in [-0.05, 0) is 57.8 Å². The van der Waals surface area contributed by atoms with Crippen LogP contribution in [0, 0.1) is 3.57 Å². The SMILES string of the molecule is CC(C)(C)c1ccc(I)cc1.Oc1ccccc1. The van der Waals surface area contributed by atoms with Crippen molar-refractivity contribution in [3.63, 3.8) is 0 Å². The molecular formula is C16H19IO. The van der Waals surface area contributed by atoms with E-state index in [0.29, 0.717) is 5.75 Å². The van der Waals surface area contributed by atoms with E-state index in [1.54, 1.807) is 24.3 Å². The zero-order valence-corrected chi connectivity index (χ0v) is 13.2. The standard InChI is InChI=1S/C10H13I.C6H6O/c1-10(2,3)8-4-6-9(11)7-5-8;7-6-4-2-1-3-5-6/h4-7H,1-3H3;1-5,7H. The third-order valence-electron chi connectivity index (χ3n) is 2.47. The van der Waals surface area contributed by atoms with Gasteiger partial charge >= 0.3 is 0 Å². The molecule has 2 aromatic carbocycles. The Kier molecular flexibility index (Phi) is 5.66. The van der Waals surface area contributed by atoms with E-state index >= 15 is 0 Å². The molecule has 2 aromatic rings. The third kappa shape index (κ3) is 5.54. The Hall–Kier alpha value is -1.03. The minimum Gasteiger partial charge on any atom is -0.508 e. The number of para-hydroxylation sites is 1. The predicted molar refractivity (Wildman–Crippen MR) is 86.0 cm³/mol. The minimum absolute atomic E-state index is 0.282. The zero-order valence-electron chi connectivity index (χ0n) is 11.0. The van der Waals surface area contributed by atoms with Crippen LogP contribution in [0.2, 0.25) is 0 Å². The lowest BCUT2D eigenvalue weighted by Crippen LogP contribution is -2.10. The van der Waals surface area contributed by atoms with Crippen molar-refractivity contribution in [2.45, 2.75) is 26.2 Å². The van der Waals surface area contributed by atoms with Crippen molar-refractivity contribution in [2.24, 2.45) is 0 Å². The fourth-order valence-corrected chi connectivity index (χ4v) is 1.74. The number of hydrogen-bond donors (Lipinski definition) is 1. The number of rotatable bonds is 0. The smallest absolute Gasteiger partial charge is 0.115 e. The van der Waals surface area contributed by atoms with Crippen LogP contribution in [-0.2, 0) is 5.41 Å². The first-order chi connectivity index (χ1) is 8.39. The quantitative estimate of drug-likeness (QED) is 0.662. The predicted octanol–water partition coefficient (Wildman–Crippen LogP) is 4.98. The molecule has 1 nitrogen and oxygen atoms in total. The Morgan fingerprint density at radius 1 is 0.833 bits per heavy atom. The fourth-order valence-electron chi connectivity index (χ4n) is 1.38. The normalized spacial score (nSPS) is 10.4. The van der Waals surface area contributed by atoms with E-state index in [4.69, 9.17) is 5.11 Å². The number of aromatic hydroxyl groups is 1. The molecule has 0 bridgehead atoms. The maximum Gasteiger partial charge on any atom is 0.115 e. The summed E-state index contributed by atoms with van der Waals surface area (Å²) in [5.41, 5.74) is 1.68. The highest BCUT2D eigenvalue weighted by atomic mass is 127. The summed E-state index contributed by atoms with van der Waals surface area (Å²) in [6.07, 6.45) is 0. The molecule has 0 aliphatic heterocycles. The molecule has 18 heavy (non-hydrogen) atoms. The Balaban J connectivity index is 0.000000199. The van der Waals surface area contributed by atoms with Crippen LogP contribution in [0.5, 0.6) is 5.75 Å². The number of benzene rings is 2. The van der Waals surface area contributed by atoms with Crippen molar-refractivity contribution in [3.8, 4) is 5.75 Å². The Morgan fingerprint density at radius 2 is 1.33 bits per heavy atom. The van der Waals surface area contributed by atoms with Gasteiger partial charge in [-0.2, -0.15) is 0 Å². The molecule has 0 unspecified atom stereocenters. The molecule has 1 N–H and O–H groups in total. The summed E-state index contributed by atoms with van der Waals surface area (Å²) < 4.78 is 1.30. The summed E-state index contributed by atoms with van der Waals surface area (Å²) in [6.45, 7) is 6.69. The Morgan fingerprint density at radius 3 is 1.67 bits per heavy atom. The lowest BCUT2D eigenvalue weighted by Gasteiger charge is -2.18. The number of phenolic OH excluding ortho intramolecular Hbond substituents is 1. The average molecular weight is 354 g/mol. The topological polar surface area (TPSA) is 20.2 Å². The summed E-state index contributed by atoms with van der Waals surface area (Å²) in [6, 6.07) is 17.4. The summed E-state index contributed by atoms with van der Waals surface area (Å²) in [4.78, 5) is 0. The first-order valence-corrected chi connectivity index (χ1v) is 6.97. The second-order valence-corrected chi connectivity index (χ2v) is 6.34. The van der Waals surface area contributed by atoms with E-state index < -0.39 is 0 Å². The number of halogens is 1. The first kappa shape index (κ1) is 15.0. The molecule has 0 heterocycles. The van der Waals surface area contributed by atoms with E-state index in [1.165, 1.54) is 9.13 Å². The zero-order chi connectivity index (χ0) is 13.6. The van der Waals surface area contributed by atoms with Gasteiger partial charge in [0.2, 0.25) is 0 Å². The van der Waals surface area contributed by atoms with Crippen LogP contribution in [0.25, 0.3) is 0 Å². The third-order valence-corrected chi connectivity index (χ3v) is 3.19. The molecule has 96 valence electrons. The van der Waals surface area contributed by atoms with Gasteiger partial charge in [-0.15, -0.1) is 0 Å². The van der Waals surface area contributed by atoms with Gasteiger partial charge in [0.05, 0.1) is 0 Å². The Labute approximate surface area is 123 Å². The molecule has 0 aliphatic rings. The molecule has 0 amide bonds. The molecule has 0 aliphatic carbocycles. The fraction of sp³-hybridized carbons (Fsp3) is 0.250. The van der Waals surface area contributed by atoms with E-state index in [0.717, 1.165) is 0 Å². The maximum absolute atomic E-state index is 8.63. The molecule has 0 spiro atoms. The van der Waals surface area contributed by atoms with Gasteiger partial charge in [-0.25, -0.2) is 0 Å². The molecular weight excluding hydrogens is 335 g/mol. The average Bonchev–Trinajstić information content (AvgIpc) is 2.30. The highest BCUT2D eigenvalue weighted by molar-refractivity contribution is 14.1. The number of hydrogen-bond acceptors (Lipinski definition) is 1. The van der Waals surface area contributed by atoms with E-state index in [-0.39, 0.29) is 5.41 Å². The summed E-state index contributed by atoms with van der Waals surface area (Å²) in [5, 5.41) is 8.63. The van der Waals surface area contributed by atoms with Crippen LogP contribution in [0.15, 0.2) is 54.6 Å². The van der Waals surface area contributed by atoms with Crippen molar-refractivity contribution < 1.29 is 5.11 Å². The van der Waals surface area contributed by atoms with E-state index in [9.17, 15) is 0 Å². The monoisotopic (exact) mass is 354 g/mol. The van der Waals surface area contributed by atoms with Crippen LogP contribution >= 0.6 is 22.6 Å². The molecule has 0 saturated carbocycles. The number of phenols is 1. The van der Waals surface area contributed by atoms with Gasteiger partial charge in [0.15, 0.2) is 0 Å². The van der Waals surface area contributed by atoms with Crippen molar-refractivity contribution in [1.29, 1.82) is 0 Å². The maximum atomic E-state index is 8.63. The van der Waals surface area contributed by atoms with Gasteiger partial charge in [-0.1, -0.05) is 51.1 Å². The summed E-state index contributed by atoms with van der Waals surface area (Å²) in [7, 11) is 0. The molecule has 2 heteroatoms. The van der Waals surface area contributed by atoms with Crippen LogP contribution in [0.4, 0.5) is 0 Å². The summed E-state index contributed by atoms with van der Waals surface area (Å²) in [5.74, 6) is 0.322. The van der Waals surface area contributed by atoms with E-state index in [2.05, 4.69) is 67.6 Å². The van der Waals surface area contributed by atoms with Crippen molar-refractivity contribution in [1.82, 2.24) is 0 Å². The molecule has 0 radical (unpaired) electrons. The second-order valence-electron chi connectivity index (χ2n) is 5.09. The van der Waals surface area contributed by atoms with Gasteiger partial charge in [0.1, 0.15) is 5.75 Å². The molecule has 2 rings (SSSR count). The lowest BCUT2D eigenvalue weighted by molar-refractivity contribution is 0.475. The molecule has 0 atom stereocenters. The van der Waals surface area contributed by atoms with Crippen molar-refractivity contribution in [3.05, 3.63) is 63.7 Å². The van der Waals surface area contributed by atoms with Crippen LogP contribution in [0.1, 0.15) is 26.3 Å². The molecule has 0 saturated heterocycles. The minimum atomic E-state index is 0.282. The largest absolute Gasteiger partial charge is 0.508 e. The van der Waals surface area contributed by atoms with Gasteiger partial charge in [0.25, 0.3) is 0 Å². The molecule has 0 fully saturated rings. The first-order valence-electron chi connectivity index (χ1n) is 5.89. The van der Waals surface area contributed by atoms with Gasteiger partial charge < -0.3 is 5.11 Å². The lowest BCUT2D eigenvalue weighted by atomic mass is 9.87. The van der Waals surface area contributed by atoms with Crippen LogP contribution < -0.4 is 0 Å². The second kappa shape index (κ2) is 6.78. The Bertz CT molecular complexity index is 455. The van der Waals surface area contributed by atoms with Gasteiger partial charge in [0, 0.05) is 3.57 Å². The van der Waals surface area contributed by atoms with Crippen molar-refractivity contribution >= 4 is 22.6 Å².